The molecule has 5 rings (SSSR count). The standard InChI is InChI=1S/C21H27N5/c1-2-8-26(9-3-1)18-6-4-15(5-7-18)16-10-19-20(17-12-24-25-13-17)14-23-21(19)22-11-16/h10-15,18H,1-9H2,(H,22,23)(H,24,25)/p+1. The highest BCUT2D eigenvalue weighted by molar-refractivity contribution is 6.14. The zero-order chi connectivity index (χ0) is 17.3. The minimum absolute atomic E-state index is 0.661. The molecule has 0 amide bonds. The molecule has 3 N–H and O–H groups in total. The predicted molar refractivity (Wildman–Crippen MR) is 105 cm³/mol. The van der Waals surface area contributed by atoms with Gasteiger partial charge in [0.1, 0.15) is 11.8 Å². The van der Waals surface area contributed by atoms with Crippen molar-refractivity contribution in [3.63, 3.8) is 0 Å². The zero-order valence-electron chi connectivity index (χ0n) is 15.3. The van der Waals surface area contributed by atoms with Gasteiger partial charge in [-0.1, -0.05) is 11.5 Å². The number of aromatic nitrogens is 2. The lowest BCUT2D eigenvalue weighted by molar-refractivity contribution is -0.589. The van der Waals surface area contributed by atoms with Gasteiger partial charge in [0, 0.05) is 29.4 Å². The van der Waals surface area contributed by atoms with E-state index >= 15 is 0 Å². The summed E-state index contributed by atoms with van der Waals surface area (Å²) in [4.78, 5) is 10.8. The van der Waals surface area contributed by atoms with Crippen molar-refractivity contribution in [2.24, 2.45) is 5.10 Å². The molecule has 0 unspecified atom stereocenters. The van der Waals surface area contributed by atoms with Crippen LogP contribution in [0.1, 0.15) is 62.0 Å². The van der Waals surface area contributed by atoms with E-state index in [2.05, 4.69) is 39.6 Å². The Kier molecular flexibility index (Phi) is 4.35. The van der Waals surface area contributed by atoms with E-state index < -0.39 is 0 Å². The van der Waals surface area contributed by atoms with Crippen LogP contribution in [0.4, 0.5) is 0 Å². The molecule has 0 aromatic carbocycles. The second kappa shape index (κ2) is 6.97. The highest BCUT2D eigenvalue weighted by atomic mass is 15.3. The van der Waals surface area contributed by atoms with Crippen LogP contribution in [0.5, 0.6) is 0 Å². The molecule has 0 radical (unpaired) electrons. The number of nitrogens with one attached hydrogen (secondary N) is 1. The van der Waals surface area contributed by atoms with Crippen LogP contribution in [0, 0.1) is 0 Å². The molecule has 2 fully saturated rings. The fraction of sp³-hybridized carbons (Fsp3) is 0.524. The Morgan fingerprint density at radius 1 is 1.08 bits per heavy atom. The fourth-order valence-corrected chi connectivity index (χ4v) is 4.99. The molecule has 0 spiro atoms. The number of hydrogen-bond donors (Lipinski definition) is 2. The zero-order valence-corrected chi connectivity index (χ0v) is 15.3. The van der Waals surface area contributed by atoms with E-state index in [1.165, 1.54) is 80.1 Å². The number of H-pyrrole nitrogens is 1. The number of pyridine rings is 1. The first-order valence-electron chi connectivity index (χ1n) is 10.2. The lowest BCUT2D eigenvalue weighted by Gasteiger charge is -2.39. The number of hydrogen-bond acceptors (Lipinski definition) is 3. The van der Waals surface area contributed by atoms with Gasteiger partial charge in [-0.3, -0.25) is 0 Å². The summed E-state index contributed by atoms with van der Waals surface area (Å²) in [6.45, 7) is 2.65. The lowest BCUT2D eigenvalue weighted by Crippen LogP contribution is -2.69. The Balaban J connectivity index is 1.33. The topological polar surface area (TPSA) is 60.9 Å². The Hall–Kier alpha value is -1.98. The maximum atomic E-state index is 4.71. The molecule has 1 aliphatic carbocycles. The average molecular weight is 350 g/mol. The number of piperidine rings is 1. The van der Waals surface area contributed by atoms with Crippen LogP contribution in [-0.4, -0.2) is 40.2 Å². The second-order valence-electron chi connectivity index (χ2n) is 8.02. The first-order chi connectivity index (χ1) is 12.9. The van der Waals surface area contributed by atoms with Gasteiger partial charge in [-0.2, -0.15) is 5.43 Å². The van der Waals surface area contributed by atoms with Crippen molar-refractivity contribution in [1.82, 2.24) is 14.9 Å². The van der Waals surface area contributed by atoms with Crippen molar-refractivity contribution in [3.8, 4) is 0 Å². The molecule has 1 saturated carbocycles. The molecule has 0 atom stereocenters. The molecule has 1 saturated heterocycles. The highest BCUT2D eigenvalue weighted by Crippen LogP contribution is 2.36. The molecule has 0 bridgehead atoms. The summed E-state index contributed by atoms with van der Waals surface area (Å²) < 4.78 is 0. The molecule has 5 heteroatoms. The number of allylic oxidation sites excluding steroid dienone is 1. The maximum absolute atomic E-state index is 4.71. The van der Waals surface area contributed by atoms with E-state index in [4.69, 9.17) is 4.98 Å². The summed E-state index contributed by atoms with van der Waals surface area (Å²) in [6, 6.07) is 3.19. The van der Waals surface area contributed by atoms with E-state index in [0.29, 0.717) is 5.92 Å². The van der Waals surface area contributed by atoms with Crippen molar-refractivity contribution in [2.75, 3.05) is 13.1 Å². The number of likely N-dealkylation sites (tertiary alicyclic amines) is 1. The summed E-state index contributed by atoms with van der Waals surface area (Å²) in [5.41, 5.74) is 6.63. The van der Waals surface area contributed by atoms with Crippen molar-refractivity contribution in [3.05, 3.63) is 35.8 Å². The summed E-state index contributed by atoms with van der Waals surface area (Å²) in [6.07, 6.45) is 17.7. The molecule has 3 aliphatic rings. The van der Waals surface area contributed by atoms with Crippen LogP contribution in [-0.2, 0) is 0 Å². The smallest absolute Gasteiger partial charge is 0.137 e. The van der Waals surface area contributed by atoms with E-state index in [1.807, 2.05) is 11.6 Å². The number of quaternary nitrogens is 1. The van der Waals surface area contributed by atoms with Crippen molar-refractivity contribution in [1.29, 1.82) is 0 Å². The van der Waals surface area contributed by atoms with Gasteiger partial charge >= 0.3 is 0 Å². The Labute approximate surface area is 154 Å². The Bertz CT molecular complexity index is 835. The van der Waals surface area contributed by atoms with Crippen molar-refractivity contribution < 1.29 is 5.43 Å². The van der Waals surface area contributed by atoms with Crippen LogP contribution >= 0.6 is 0 Å². The quantitative estimate of drug-likeness (QED) is 0.836. The molecular weight excluding hydrogens is 322 g/mol. The molecule has 4 heterocycles. The molecular formula is C21H28N5+. The number of fused-ring (bicyclic) bond motifs is 1. The first kappa shape index (κ1) is 16.2. The average Bonchev–Trinajstić information content (AvgIpc) is 3.38. The third-order valence-corrected chi connectivity index (χ3v) is 6.49. The maximum Gasteiger partial charge on any atom is 0.137 e. The molecule has 2 aromatic rings. The molecule has 26 heavy (non-hydrogen) atoms. The normalized spacial score (nSPS) is 27.2. The third-order valence-electron chi connectivity index (χ3n) is 6.49. The van der Waals surface area contributed by atoms with Crippen molar-refractivity contribution >= 4 is 22.8 Å². The fourth-order valence-electron chi connectivity index (χ4n) is 4.99. The number of aromatic amines is 1. The SMILES string of the molecule is C1=N[NH2+]C=C1c1c[nH]c2ncc(C3CCC(N4CCCCC4)CC3)cc12. The van der Waals surface area contributed by atoms with Crippen LogP contribution in [0.15, 0.2) is 29.8 Å². The minimum atomic E-state index is 0.661. The van der Waals surface area contributed by atoms with Gasteiger partial charge in [-0.05, 0) is 69.2 Å². The van der Waals surface area contributed by atoms with Gasteiger partial charge in [0.05, 0.1) is 11.8 Å². The number of nitrogens with zero attached hydrogens (tertiary/aromatic N) is 3. The number of nitrogens with two attached hydrogens (primary N) is 1. The highest BCUT2D eigenvalue weighted by Gasteiger charge is 2.28. The molecule has 5 nitrogen and oxygen atoms in total. The molecule has 2 aliphatic heterocycles. The predicted octanol–water partition coefficient (Wildman–Crippen LogP) is 2.98. The Morgan fingerprint density at radius 3 is 2.69 bits per heavy atom. The molecule has 2 aromatic heterocycles. The van der Waals surface area contributed by atoms with Crippen LogP contribution in [0.3, 0.4) is 0 Å². The van der Waals surface area contributed by atoms with Crippen molar-refractivity contribution in [2.45, 2.75) is 56.9 Å². The summed E-state index contributed by atoms with van der Waals surface area (Å²) in [5, 5.41) is 5.44. The first-order valence-corrected chi connectivity index (χ1v) is 10.2. The van der Waals surface area contributed by atoms with E-state index in [9.17, 15) is 0 Å². The summed E-state index contributed by atoms with van der Waals surface area (Å²) in [7, 11) is 0. The summed E-state index contributed by atoms with van der Waals surface area (Å²) >= 11 is 0. The third kappa shape index (κ3) is 2.99. The summed E-state index contributed by atoms with van der Waals surface area (Å²) in [5.74, 6) is 0.661. The lowest BCUT2D eigenvalue weighted by atomic mass is 9.81. The van der Waals surface area contributed by atoms with Gasteiger partial charge in [0.2, 0.25) is 0 Å². The van der Waals surface area contributed by atoms with Crippen LogP contribution < -0.4 is 5.43 Å². The minimum Gasteiger partial charge on any atom is -0.346 e. The van der Waals surface area contributed by atoms with Gasteiger partial charge in [-0.25, -0.2) is 4.98 Å². The van der Waals surface area contributed by atoms with Gasteiger partial charge in [-0.15, -0.1) is 0 Å². The Morgan fingerprint density at radius 2 is 1.92 bits per heavy atom. The monoisotopic (exact) mass is 350 g/mol. The van der Waals surface area contributed by atoms with Gasteiger partial charge < -0.3 is 9.88 Å². The van der Waals surface area contributed by atoms with Gasteiger partial charge in [0.25, 0.3) is 0 Å². The largest absolute Gasteiger partial charge is 0.346 e. The van der Waals surface area contributed by atoms with Gasteiger partial charge in [0.15, 0.2) is 0 Å². The molecule has 136 valence electrons. The van der Waals surface area contributed by atoms with E-state index in [1.54, 1.807) is 0 Å². The van der Waals surface area contributed by atoms with E-state index in [-0.39, 0.29) is 0 Å². The second-order valence-corrected chi connectivity index (χ2v) is 8.02. The van der Waals surface area contributed by atoms with E-state index in [0.717, 1.165) is 11.7 Å². The van der Waals surface area contributed by atoms with Crippen LogP contribution in [0.25, 0.3) is 16.6 Å². The van der Waals surface area contributed by atoms with Crippen LogP contribution in [0.2, 0.25) is 0 Å². The number of rotatable bonds is 3.